The molecule has 1 heterocycles. The Balaban J connectivity index is 2.02. The predicted octanol–water partition coefficient (Wildman–Crippen LogP) is 2.95. The van der Waals surface area contributed by atoms with Crippen molar-refractivity contribution in [2.24, 2.45) is 5.92 Å². The fourth-order valence-electron chi connectivity index (χ4n) is 1.86. The van der Waals surface area contributed by atoms with Crippen LogP contribution in [0.1, 0.15) is 20.3 Å². The molecule has 0 amide bonds. The summed E-state index contributed by atoms with van der Waals surface area (Å²) in [4.78, 5) is 1.18. The van der Waals surface area contributed by atoms with Crippen molar-refractivity contribution in [3.05, 3.63) is 24.3 Å². The molecule has 0 saturated carbocycles. The number of thioether (sulfide) groups is 1. The number of benzene rings is 1. The Morgan fingerprint density at radius 3 is 2.94 bits per heavy atom. The Labute approximate surface area is 101 Å². The Bertz CT molecular complexity index is 352. The van der Waals surface area contributed by atoms with E-state index in [0.717, 1.165) is 17.9 Å². The van der Waals surface area contributed by atoms with Crippen LogP contribution in [-0.2, 0) is 0 Å². The molecule has 1 aromatic carbocycles. The maximum atomic E-state index is 10.0. The number of fused-ring (bicyclic) bond motifs is 1. The third kappa shape index (κ3) is 2.71. The molecule has 2 nitrogen and oxygen atoms in total. The molecule has 88 valence electrons. The molecule has 0 aliphatic carbocycles. The van der Waals surface area contributed by atoms with Crippen molar-refractivity contribution in [3.63, 3.8) is 0 Å². The highest BCUT2D eigenvalue weighted by molar-refractivity contribution is 7.99. The number of hydrogen-bond donors (Lipinski definition) is 1. The molecule has 1 aliphatic rings. The molecule has 2 atom stereocenters. The fourth-order valence-corrected chi connectivity index (χ4v) is 2.93. The summed E-state index contributed by atoms with van der Waals surface area (Å²) < 4.78 is 5.82. The number of ether oxygens (including phenoxy) is 1. The maximum absolute atomic E-state index is 10.0. The highest BCUT2D eigenvalue weighted by Gasteiger charge is 2.26. The van der Waals surface area contributed by atoms with Gasteiger partial charge in [-0.1, -0.05) is 26.0 Å². The average Bonchev–Trinajstić information content (AvgIpc) is 2.27. The first-order valence-corrected chi connectivity index (χ1v) is 6.72. The second-order valence-electron chi connectivity index (χ2n) is 4.61. The lowest BCUT2D eigenvalue weighted by molar-refractivity contribution is 0.0328. The zero-order valence-electron chi connectivity index (χ0n) is 9.72. The van der Waals surface area contributed by atoms with Crippen molar-refractivity contribution in [2.45, 2.75) is 37.4 Å². The van der Waals surface area contributed by atoms with Gasteiger partial charge in [-0.25, -0.2) is 0 Å². The van der Waals surface area contributed by atoms with E-state index in [2.05, 4.69) is 19.9 Å². The molecule has 1 N–H and O–H groups in total. The molecule has 0 aromatic heterocycles. The smallest absolute Gasteiger partial charge is 0.134 e. The standard InChI is InChI=1S/C13H18O2S/c1-9(2)7-10(14)12-8-16-13-6-4-3-5-11(13)15-12/h3-6,9-10,12,14H,7-8H2,1-2H3. The summed E-state index contributed by atoms with van der Waals surface area (Å²) in [5.41, 5.74) is 0. The number of para-hydroxylation sites is 1. The summed E-state index contributed by atoms with van der Waals surface area (Å²) in [6.07, 6.45) is 0.371. The first-order valence-electron chi connectivity index (χ1n) is 5.73. The van der Waals surface area contributed by atoms with E-state index in [4.69, 9.17) is 4.74 Å². The SMILES string of the molecule is CC(C)CC(O)C1CSc2ccccc2O1. The molecule has 0 fully saturated rings. The first-order chi connectivity index (χ1) is 7.66. The van der Waals surface area contributed by atoms with Crippen molar-refractivity contribution in [3.8, 4) is 5.75 Å². The van der Waals surface area contributed by atoms with Crippen molar-refractivity contribution in [1.29, 1.82) is 0 Å². The van der Waals surface area contributed by atoms with Crippen LogP contribution in [0, 0.1) is 5.92 Å². The molecule has 0 saturated heterocycles. The molecule has 1 aliphatic heterocycles. The summed E-state index contributed by atoms with van der Waals surface area (Å²) in [5, 5.41) is 10.0. The fraction of sp³-hybridized carbons (Fsp3) is 0.538. The summed E-state index contributed by atoms with van der Waals surface area (Å²) in [6.45, 7) is 4.24. The van der Waals surface area contributed by atoms with Gasteiger partial charge in [0.25, 0.3) is 0 Å². The van der Waals surface area contributed by atoms with Gasteiger partial charge in [0.2, 0.25) is 0 Å². The third-order valence-electron chi connectivity index (χ3n) is 2.67. The molecule has 2 rings (SSSR count). The van der Waals surface area contributed by atoms with Crippen LogP contribution in [0.5, 0.6) is 5.75 Å². The van der Waals surface area contributed by atoms with Gasteiger partial charge in [0.1, 0.15) is 11.9 Å². The molecule has 2 unspecified atom stereocenters. The van der Waals surface area contributed by atoms with E-state index in [1.807, 2.05) is 18.2 Å². The van der Waals surface area contributed by atoms with E-state index in [-0.39, 0.29) is 12.2 Å². The first kappa shape index (κ1) is 11.8. The Morgan fingerprint density at radius 1 is 1.44 bits per heavy atom. The lowest BCUT2D eigenvalue weighted by atomic mass is 10.0. The van der Waals surface area contributed by atoms with Gasteiger partial charge in [-0.2, -0.15) is 0 Å². The van der Waals surface area contributed by atoms with Gasteiger partial charge >= 0.3 is 0 Å². The van der Waals surface area contributed by atoms with E-state index < -0.39 is 0 Å². The number of aliphatic hydroxyl groups excluding tert-OH is 1. The minimum absolute atomic E-state index is 0.0673. The van der Waals surface area contributed by atoms with Gasteiger partial charge in [-0.15, -0.1) is 11.8 Å². The number of hydrogen-bond acceptors (Lipinski definition) is 3. The van der Waals surface area contributed by atoms with Crippen LogP contribution in [0.25, 0.3) is 0 Å². The second kappa shape index (κ2) is 5.11. The Kier molecular flexibility index (Phi) is 3.77. The lowest BCUT2D eigenvalue weighted by Crippen LogP contribution is -2.36. The van der Waals surface area contributed by atoms with Gasteiger partial charge in [-0.05, 0) is 24.5 Å². The molecule has 1 aromatic rings. The molecule has 16 heavy (non-hydrogen) atoms. The summed E-state index contributed by atoms with van der Waals surface area (Å²) in [7, 11) is 0. The van der Waals surface area contributed by atoms with Crippen LogP contribution in [0.4, 0.5) is 0 Å². The maximum Gasteiger partial charge on any atom is 0.134 e. The van der Waals surface area contributed by atoms with Crippen LogP contribution < -0.4 is 4.74 Å². The third-order valence-corrected chi connectivity index (χ3v) is 3.82. The average molecular weight is 238 g/mol. The van der Waals surface area contributed by atoms with Crippen LogP contribution in [0.3, 0.4) is 0 Å². The van der Waals surface area contributed by atoms with Crippen molar-refractivity contribution in [1.82, 2.24) is 0 Å². The molecule has 0 spiro atoms. The molecular formula is C13H18O2S. The molecular weight excluding hydrogens is 220 g/mol. The summed E-state index contributed by atoms with van der Waals surface area (Å²) >= 11 is 1.77. The van der Waals surface area contributed by atoms with Gasteiger partial charge < -0.3 is 9.84 Å². The monoisotopic (exact) mass is 238 g/mol. The normalized spacial score (nSPS) is 21.4. The van der Waals surface area contributed by atoms with E-state index >= 15 is 0 Å². The van der Waals surface area contributed by atoms with Gasteiger partial charge in [-0.3, -0.25) is 0 Å². The van der Waals surface area contributed by atoms with Gasteiger partial charge in [0, 0.05) is 10.6 Å². The molecule has 0 radical (unpaired) electrons. The van der Waals surface area contributed by atoms with Crippen molar-refractivity contribution < 1.29 is 9.84 Å². The quantitative estimate of drug-likeness (QED) is 0.878. The molecule has 3 heteroatoms. The highest BCUT2D eigenvalue weighted by Crippen LogP contribution is 2.36. The van der Waals surface area contributed by atoms with Crippen molar-refractivity contribution >= 4 is 11.8 Å². The number of aliphatic hydroxyl groups is 1. The topological polar surface area (TPSA) is 29.5 Å². The van der Waals surface area contributed by atoms with Gasteiger partial charge in [0.15, 0.2) is 0 Å². The summed E-state index contributed by atoms with van der Waals surface area (Å²) in [6, 6.07) is 8.01. The van der Waals surface area contributed by atoms with Crippen LogP contribution in [0.2, 0.25) is 0 Å². The Morgan fingerprint density at radius 2 is 2.19 bits per heavy atom. The lowest BCUT2D eigenvalue weighted by Gasteiger charge is -2.29. The predicted molar refractivity (Wildman–Crippen MR) is 67.0 cm³/mol. The largest absolute Gasteiger partial charge is 0.486 e. The molecule has 0 bridgehead atoms. The van der Waals surface area contributed by atoms with E-state index in [0.29, 0.717) is 5.92 Å². The minimum Gasteiger partial charge on any atom is -0.486 e. The van der Waals surface area contributed by atoms with Gasteiger partial charge in [0.05, 0.1) is 6.10 Å². The van der Waals surface area contributed by atoms with E-state index in [1.54, 1.807) is 11.8 Å². The van der Waals surface area contributed by atoms with E-state index in [1.165, 1.54) is 4.90 Å². The number of rotatable bonds is 3. The minimum atomic E-state index is -0.360. The van der Waals surface area contributed by atoms with Crippen LogP contribution in [0.15, 0.2) is 29.2 Å². The van der Waals surface area contributed by atoms with E-state index in [9.17, 15) is 5.11 Å². The zero-order chi connectivity index (χ0) is 11.5. The zero-order valence-corrected chi connectivity index (χ0v) is 10.5. The Hall–Kier alpha value is -0.670. The second-order valence-corrected chi connectivity index (χ2v) is 5.67. The summed E-state index contributed by atoms with van der Waals surface area (Å²) in [5.74, 6) is 2.25. The van der Waals surface area contributed by atoms with Crippen LogP contribution in [-0.4, -0.2) is 23.1 Å². The van der Waals surface area contributed by atoms with Crippen LogP contribution >= 0.6 is 11.8 Å². The highest BCUT2D eigenvalue weighted by atomic mass is 32.2. The van der Waals surface area contributed by atoms with Crippen molar-refractivity contribution in [2.75, 3.05) is 5.75 Å².